The summed E-state index contributed by atoms with van der Waals surface area (Å²) in [5, 5.41) is 10.9. The standard InChI is InChI=1S/C58H58BN3/c1-35(2)41-11-15-44(16-12-41)48-29-49(45-17-13-42(14-18-45)36(3)4)31-51(30-48)62-55-26-22-47(39(9)10)33-53(55)59-52-32-46(38(7)8)21-25-54(52)61(50-23-19-43(20-24-50)37(5)6)56-27-40(34-60)28-57(62)58(56)59/h11-33,35-39H,1-10H3. The van der Waals surface area contributed by atoms with Gasteiger partial charge in [0.25, 0.3) is 6.71 Å². The zero-order valence-electron chi connectivity index (χ0n) is 38.1. The van der Waals surface area contributed by atoms with Gasteiger partial charge < -0.3 is 9.80 Å². The molecule has 0 aliphatic carbocycles. The largest absolute Gasteiger partial charge is 0.311 e. The van der Waals surface area contributed by atoms with Crippen LogP contribution in [0.4, 0.5) is 34.1 Å². The minimum Gasteiger partial charge on any atom is -0.311 e. The summed E-state index contributed by atoms with van der Waals surface area (Å²) in [6.45, 7) is 22.6. The second-order valence-electron chi connectivity index (χ2n) is 19.2. The van der Waals surface area contributed by atoms with Gasteiger partial charge in [0.15, 0.2) is 0 Å². The normalized spacial score (nSPS) is 13.0. The summed E-state index contributed by atoms with van der Waals surface area (Å²) in [4.78, 5) is 4.88. The minimum atomic E-state index is -0.0348. The number of fused-ring (bicyclic) bond motifs is 4. The Morgan fingerprint density at radius 2 is 0.742 bits per heavy atom. The number of nitriles is 1. The molecule has 0 radical (unpaired) electrons. The van der Waals surface area contributed by atoms with E-state index in [1.54, 1.807) is 0 Å². The predicted molar refractivity (Wildman–Crippen MR) is 266 cm³/mol. The molecule has 2 aliphatic heterocycles. The maximum absolute atomic E-state index is 10.9. The summed E-state index contributed by atoms with van der Waals surface area (Å²) < 4.78 is 0. The molecule has 0 atom stereocenters. The molecular weight excluding hydrogens is 749 g/mol. The van der Waals surface area contributed by atoms with Gasteiger partial charge in [0.2, 0.25) is 0 Å². The Kier molecular flexibility index (Phi) is 10.7. The van der Waals surface area contributed by atoms with Crippen LogP contribution in [-0.2, 0) is 0 Å². The Morgan fingerprint density at radius 1 is 0.371 bits per heavy atom. The topological polar surface area (TPSA) is 30.3 Å². The van der Waals surface area contributed by atoms with Crippen LogP contribution in [0.15, 0.2) is 140 Å². The molecule has 2 heterocycles. The molecule has 7 aromatic rings. The van der Waals surface area contributed by atoms with Gasteiger partial charge in [0.05, 0.1) is 11.6 Å². The summed E-state index contributed by atoms with van der Waals surface area (Å²) in [6, 6.07) is 55.4. The average Bonchev–Trinajstić information content (AvgIpc) is 3.28. The van der Waals surface area contributed by atoms with Crippen LogP contribution in [0, 0.1) is 11.3 Å². The first kappa shape index (κ1) is 41.1. The molecule has 0 N–H and O–H groups in total. The number of anilines is 6. The van der Waals surface area contributed by atoms with Crippen molar-refractivity contribution < 1.29 is 0 Å². The Hall–Kier alpha value is -6.31. The lowest BCUT2D eigenvalue weighted by Gasteiger charge is -2.44. The summed E-state index contributed by atoms with van der Waals surface area (Å²) in [5.41, 5.74) is 22.3. The lowest BCUT2D eigenvalue weighted by atomic mass is 9.33. The summed E-state index contributed by atoms with van der Waals surface area (Å²) in [6.07, 6.45) is 0. The fourth-order valence-corrected chi connectivity index (χ4v) is 9.58. The van der Waals surface area contributed by atoms with E-state index in [9.17, 15) is 5.26 Å². The smallest absolute Gasteiger partial charge is 0.252 e. The number of hydrogen-bond donors (Lipinski definition) is 0. The van der Waals surface area contributed by atoms with Crippen molar-refractivity contribution in [1.29, 1.82) is 5.26 Å². The van der Waals surface area contributed by atoms with Crippen LogP contribution in [0.1, 0.15) is 132 Å². The Bertz CT molecular complexity index is 2770. The van der Waals surface area contributed by atoms with Crippen molar-refractivity contribution in [2.45, 2.75) is 98.8 Å². The summed E-state index contributed by atoms with van der Waals surface area (Å²) in [5.74, 6) is 2.05. The van der Waals surface area contributed by atoms with Crippen LogP contribution in [0.3, 0.4) is 0 Å². The molecule has 62 heavy (non-hydrogen) atoms. The molecular formula is C58H58BN3. The van der Waals surface area contributed by atoms with Gasteiger partial charge in [-0.25, -0.2) is 0 Å². The first-order valence-corrected chi connectivity index (χ1v) is 22.7. The Labute approximate surface area is 370 Å². The molecule has 0 saturated carbocycles. The van der Waals surface area contributed by atoms with Gasteiger partial charge in [0, 0.05) is 34.1 Å². The molecule has 9 rings (SSSR count). The molecule has 0 spiro atoms. The lowest BCUT2D eigenvalue weighted by Crippen LogP contribution is -2.61. The van der Waals surface area contributed by atoms with E-state index in [2.05, 4.69) is 225 Å². The van der Waals surface area contributed by atoms with Crippen LogP contribution >= 0.6 is 0 Å². The van der Waals surface area contributed by atoms with E-state index in [0.29, 0.717) is 35.2 Å². The molecule has 3 nitrogen and oxygen atoms in total. The maximum Gasteiger partial charge on any atom is 0.252 e. The Morgan fingerprint density at radius 3 is 1.13 bits per heavy atom. The molecule has 2 aliphatic rings. The first-order chi connectivity index (χ1) is 29.8. The quantitative estimate of drug-likeness (QED) is 0.136. The molecule has 0 amide bonds. The van der Waals surface area contributed by atoms with E-state index in [-0.39, 0.29) is 6.71 Å². The fraction of sp³-hybridized carbons (Fsp3) is 0.259. The van der Waals surface area contributed by atoms with Crippen LogP contribution in [0.25, 0.3) is 22.3 Å². The van der Waals surface area contributed by atoms with Crippen LogP contribution < -0.4 is 26.2 Å². The highest BCUT2D eigenvalue weighted by Gasteiger charge is 2.44. The number of hydrogen-bond acceptors (Lipinski definition) is 3. The molecule has 308 valence electrons. The molecule has 0 bridgehead atoms. The van der Waals surface area contributed by atoms with Crippen molar-refractivity contribution in [2.75, 3.05) is 9.80 Å². The molecule has 0 saturated heterocycles. The van der Waals surface area contributed by atoms with E-state index in [4.69, 9.17) is 0 Å². The molecule has 0 unspecified atom stereocenters. The van der Waals surface area contributed by atoms with Crippen molar-refractivity contribution in [3.63, 3.8) is 0 Å². The number of nitrogens with zero attached hydrogens (tertiary/aromatic N) is 3. The van der Waals surface area contributed by atoms with Crippen LogP contribution in [-0.4, -0.2) is 6.71 Å². The molecule has 4 heteroatoms. The Balaban J connectivity index is 1.36. The van der Waals surface area contributed by atoms with E-state index in [0.717, 1.165) is 39.6 Å². The van der Waals surface area contributed by atoms with Crippen molar-refractivity contribution >= 4 is 57.2 Å². The highest BCUT2D eigenvalue weighted by molar-refractivity contribution is 7.00. The van der Waals surface area contributed by atoms with Gasteiger partial charge in [-0.1, -0.05) is 154 Å². The first-order valence-electron chi connectivity index (χ1n) is 22.7. The van der Waals surface area contributed by atoms with Crippen LogP contribution in [0.5, 0.6) is 0 Å². The van der Waals surface area contributed by atoms with E-state index >= 15 is 0 Å². The second-order valence-corrected chi connectivity index (χ2v) is 19.2. The maximum atomic E-state index is 10.9. The van der Waals surface area contributed by atoms with Gasteiger partial charge in [0.1, 0.15) is 0 Å². The zero-order chi connectivity index (χ0) is 43.6. The van der Waals surface area contributed by atoms with E-state index < -0.39 is 0 Å². The highest BCUT2D eigenvalue weighted by atomic mass is 15.2. The van der Waals surface area contributed by atoms with Gasteiger partial charge in [-0.05, 0) is 151 Å². The molecule has 0 fully saturated rings. The lowest BCUT2D eigenvalue weighted by molar-refractivity contribution is 0.866. The van der Waals surface area contributed by atoms with Crippen molar-refractivity contribution in [2.24, 2.45) is 0 Å². The van der Waals surface area contributed by atoms with Crippen molar-refractivity contribution in [3.05, 3.63) is 173 Å². The van der Waals surface area contributed by atoms with Gasteiger partial charge >= 0.3 is 0 Å². The average molecular weight is 808 g/mol. The number of benzene rings is 7. The van der Waals surface area contributed by atoms with Gasteiger partial charge in [-0.3, -0.25) is 0 Å². The SMILES string of the molecule is CC(C)c1ccc(-c2cc(-c3ccc(C(C)C)cc3)cc(N3c4ccc(C(C)C)cc4B4c5cc(C(C)C)ccc5N(c5ccc(C(C)C)cc5)c5cc(C#N)cc3c54)c2)cc1. The number of rotatable bonds is 9. The van der Waals surface area contributed by atoms with Crippen molar-refractivity contribution in [3.8, 4) is 28.3 Å². The van der Waals surface area contributed by atoms with E-state index in [1.807, 2.05) is 0 Å². The predicted octanol–water partition coefficient (Wildman–Crippen LogP) is 14.6. The fourth-order valence-electron chi connectivity index (χ4n) is 9.58. The molecule has 7 aromatic carbocycles. The zero-order valence-corrected chi connectivity index (χ0v) is 38.1. The minimum absolute atomic E-state index is 0.0348. The van der Waals surface area contributed by atoms with Gasteiger partial charge in [-0.15, -0.1) is 0 Å². The van der Waals surface area contributed by atoms with Crippen LogP contribution in [0.2, 0.25) is 0 Å². The van der Waals surface area contributed by atoms with E-state index in [1.165, 1.54) is 61.0 Å². The molecule has 0 aromatic heterocycles. The third-order valence-electron chi connectivity index (χ3n) is 13.4. The van der Waals surface area contributed by atoms with Gasteiger partial charge in [-0.2, -0.15) is 5.26 Å². The van der Waals surface area contributed by atoms with Crippen molar-refractivity contribution in [1.82, 2.24) is 0 Å². The second kappa shape index (κ2) is 16.2. The summed E-state index contributed by atoms with van der Waals surface area (Å²) in [7, 11) is 0. The third kappa shape index (κ3) is 7.22. The highest BCUT2D eigenvalue weighted by Crippen LogP contribution is 2.47. The summed E-state index contributed by atoms with van der Waals surface area (Å²) >= 11 is 0. The monoisotopic (exact) mass is 807 g/mol. The third-order valence-corrected chi connectivity index (χ3v) is 13.4.